The number of carbonyl (C=O) groups excluding carboxylic acids is 1. The van der Waals surface area contributed by atoms with Crippen LogP contribution in [0.4, 0.5) is 0 Å². The second-order valence-corrected chi connectivity index (χ2v) is 5.79. The zero-order chi connectivity index (χ0) is 17.6. The van der Waals surface area contributed by atoms with Crippen LogP contribution in [0.1, 0.15) is 21.8 Å². The summed E-state index contributed by atoms with van der Waals surface area (Å²) < 4.78 is 5.36. The molecule has 0 aliphatic heterocycles. The number of nitrogens with zero attached hydrogens (tertiary/aromatic N) is 1. The Bertz CT molecular complexity index is 865. The van der Waals surface area contributed by atoms with E-state index >= 15 is 0 Å². The Hall–Kier alpha value is -2.92. The minimum atomic E-state index is -0.143. The smallest absolute Gasteiger partial charge is 0.251 e. The minimum absolute atomic E-state index is 0.0767. The number of carbonyl (C=O) groups is 1. The van der Waals surface area contributed by atoms with E-state index in [9.17, 15) is 4.79 Å². The van der Waals surface area contributed by atoms with Gasteiger partial charge in [0.1, 0.15) is 5.75 Å². The van der Waals surface area contributed by atoms with Gasteiger partial charge in [-0.1, -0.05) is 30.3 Å². The van der Waals surface area contributed by atoms with Crippen molar-refractivity contribution in [2.45, 2.75) is 5.92 Å². The lowest BCUT2D eigenvalue weighted by Crippen LogP contribution is -2.31. The van der Waals surface area contributed by atoms with Gasteiger partial charge in [-0.3, -0.25) is 9.78 Å². The van der Waals surface area contributed by atoms with Crippen molar-refractivity contribution in [2.24, 2.45) is 5.73 Å². The molecule has 0 aliphatic rings. The first-order valence-corrected chi connectivity index (χ1v) is 8.18. The van der Waals surface area contributed by atoms with Crippen LogP contribution in [0.2, 0.25) is 0 Å². The van der Waals surface area contributed by atoms with E-state index in [2.05, 4.69) is 10.3 Å². The third-order valence-corrected chi connectivity index (χ3v) is 4.31. The number of pyridine rings is 1. The van der Waals surface area contributed by atoms with E-state index in [1.54, 1.807) is 31.6 Å². The summed E-state index contributed by atoms with van der Waals surface area (Å²) in [6, 6.07) is 15.4. The molecule has 0 fully saturated rings. The first kappa shape index (κ1) is 16.9. The number of aromatic nitrogens is 1. The van der Waals surface area contributed by atoms with E-state index in [-0.39, 0.29) is 11.8 Å². The molecular weight excluding hydrogens is 314 g/mol. The van der Waals surface area contributed by atoms with Crippen molar-refractivity contribution < 1.29 is 9.53 Å². The largest absolute Gasteiger partial charge is 0.496 e. The molecule has 0 aliphatic carbocycles. The van der Waals surface area contributed by atoms with Crippen LogP contribution in [0.5, 0.6) is 5.75 Å². The predicted molar refractivity (Wildman–Crippen MR) is 98.9 cm³/mol. The molecule has 3 N–H and O–H groups in total. The maximum absolute atomic E-state index is 12.7. The van der Waals surface area contributed by atoms with Crippen LogP contribution < -0.4 is 15.8 Å². The molecule has 0 saturated heterocycles. The zero-order valence-corrected chi connectivity index (χ0v) is 14.1. The third-order valence-electron chi connectivity index (χ3n) is 4.31. The Morgan fingerprint density at radius 3 is 2.68 bits per heavy atom. The van der Waals surface area contributed by atoms with Crippen molar-refractivity contribution in [1.82, 2.24) is 10.3 Å². The van der Waals surface area contributed by atoms with Crippen LogP contribution in [0.25, 0.3) is 10.8 Å². The van der Waals surface area contributed by atoms with Crippen molar-refractivity contribution in [3.8, 4) is 5.75 Å². The molecule has 25 heavy (non-hydrogen) atoms. The van der Waals surface area contributed by atoms with Crippen LogP contribution in [0.3, 0.4) is 0 Å². The number of nitrogens with one attached hydrogen (secondary N) is 1. The SMILES string of the molecule is COc1ccc(C(=O)NCC(CN)c2ccccc2)c2cnccc12. The average Bonchev–Trinajstić information content (AvgIpc) is 2.68. The number of benzene rings is 2. The summed E-state index contributed by atoms with van der Waals surface area (Å²) in [6.07, 6.45) is 3.37. The number of hydrogen-bond donors (Lipinski definition) is 2. The van der Waals surface area contributed by atoms with Gasteiger partial charge in [0.05, 0.1) is 7.11 Å². The van der Waals surface area contributed by atoms with Crippen molar-refractivity contribution >= 4 is 16.7 Å². The molecule has 1 atom stereocenters. The van der Waals surface area contributed by atoms with Crippen LogP contribution >= 0.6 is 0 Å². The number of fused-ring (bicyclic) bond motifs is 1. The van der Waals surface area contributed by atoms with Gasteiger partial charge in [0.25, 0.3) is 5.91 Å². The lowest BCUT2D eigenvalue weighted by Gasteiger charge is -2.17. The second-order valence-electron chi connectivity index (χ2n) is 5.79. The molecule has 1 unspecified atom stereocenters. The summed E-state index contributed by atoms with van der Waals surface area (Å²) in [5.74, 6) is 0.654. The highest BCUT2D eigenvalue weighted by Crippen LogP contribution is 2.27. The van der Waals surface area contributed by atoms with Gasteiger partial charge in [-0.15, -0.1) is 0 Å². The highest BCUT2D eigenvalue weighted by molar-refractivity contribution is 6.08. The number of methoxy groups -OCH3 is 1. The van der Waals surface area contributed by atoms with Gasteiger partial charge in [-0.25, -0.2) is 0 Å². The van der Waals surface area contributed by atoms with E-state index in [1.165, 1.54) is 0 Å². The summed E-state index contributed by atoms with van der Waals surface area (Å²) in [6.45, 7) is 0.947. The van der Waals surface area contributed by atoms with E-state index in [0.29, 0.717) is 18.7 Å². The van der Waals surface area contributed by atoms with Crippen molar-refractivity contribution in [3.05, 3.63) is 72.1 Å². The summed E-state index contributed by atoms with van der Waals surface area (Å²) in [5.41, 5.74) is 7.57. The fraction of sp³-hybridized carbons (Fsp3) is 0.200. The number of ether oxygens (including phenoxy) is 1. The van der Waals surface area contributed by atoms with Gasteiger partial charge in [0.2, 0.25) is 0 Å². The van der Waals surface area contributed by atoms with Gasteiger partial charge < -0.3 is 15.8 Å². The van der Waals surface area contributed by atoms with Gasteiger partial charge in [0, 0.05) is 47.7 Å². The maximum Gasteiger partial charge on any atom is 0.251 e. The molecule has 0 bridgehead atoms. The van der Waals surface area contributed by atoms with Crippen LogP contribution in [0, 0.1) is 0 Å². The minimum Gasteiger partial charge on any atom is -0.496 e. The highest BCUT2D eigenvalue weighted by Gasteiger charge is 2.15. The number of hydrogen-bond acceptors (Lipinski definition) is 4. The van der Waals surface area contributed by atoms with E-state index < -0.39 is 0 Å². The first-order chi connectivity index (χ1) is 12.2. The summed E-state index contributed by atoms with van der Waals surface area (Å²) in [5, 5.41) is 4.62. The Morgan fingerprint density at radius 2 is 1.96 bits per heavy atom. The standard InChI is InChI=1S/C20H21N3O2/c1-25-19-8-7-17(18-13-22-10-9-16(18)19)20(24)23-12-15(11-21)14-5-3-2-4-6-14/h2-10,13,15H,11-12,21H2,1H3,(H,23,24). The van der Waals surface area contributed by atoms with Gasteiger partial charge >= 0.3 is 0 Å². The molecule has 1 heterocycles. The highest BCUT2D eigenvalue weighted by atomic mass is 16.5. The third kappa shape index (κ3) is 3.61. The van der Waals surface area contributed by atoms with Crippen LogP contribution in [-0.2, 0) is 0 Å². The average molecular weight is 335 g/mol. The first-order valence-electron chi connectivity index (χ1n) is 8.18. The van der Waals surface area contributed by atoms with Gasteiger partial charge in [-0.2, -0.15) is 0 Å². The monoisotopic (exact) mass is 335 g/mol. The topological polar surface area (TPSA) is 77.2 Å². The summed E-state index contributed by atoms with van der Waals surface area (Å²) >= 11 is 0. The van der Waals surface area contributed by atoms with Crippen molar-refractivity contribution in [2.75, 3.05) is 20.2 Å². The summed E-state index contributed by atoms with van der Waals surface area (Å²) in [7, 11) is 1.61. The molecule has 0 saturated carbocycles. The Kier molecular flexibility index (Phi) is 5.26. The molecule has 3 rings (SSSR count). The normalized spacial score (nSPS) is 11.9. The maximum atomic E-state index is 12.7. The molecule has 0 spiro atoms. The van der Waals surface area contributed by atoms with Crippen LogP contribution in [0.15, 0.2) is 60.9 Å². The second kappa shape index (κ2) is 7.77. The Labute approximate surface area is 146 Å². The molecule has 2 aromatic carbocycles. The molecule has 5 nitrogen and oxygen atoms in total. The number of amides is 1. The quantitative estimate of drug-likeness (QED) is 0.726. The Morgan fingerprint density at radius 1 is 1.16 bits per heavy atom. The molecule has 128 valence electrons. The fourth-order valence-electron chi connectivity index (χ4n) is 2.91. The predicted octanol–water partition coefficient (Wildman–Crippen LogP) is 2.72. The molecule has 0 radical (unpaired) electrons. The van der Waals surface area contributed by atoms with Crippen molar-refractivity contribution in [3.63, 3.8) is 0 Å². The van der Waals surface area contributed by atoms with Gasteiger partial charge in [0.15, 0.2) is 0 Å². The van der Waals surface area contributed by atoms with E-state index in [4.69, 9.17) is 10.5 Å². The molecule has 3 aromatic rings. The van der Waals surface area contributed by atoms with E-state index in [0.717, 1.165) is 22.1 Å². The molecule has 5 heteroatoms. The van der Waals surface area contributed by atoms with Crippen molar-refractivity contribution in [1.29, 1.82) is 0 Å². The number of nitrogens with two attached hydrogens (primary N) is 1. The fourth-order valence-corrected chi connectivity index (χ4v) is 2.91. The van der Waals surface area contributed by atoms with Crippen LogP contribution in [-0.4, -0.2) is 31.1 Å². The molecule has 1 aromatic heterocycles. The lowest BCUT2D eigenvalue weighted by molar-refractivity contribution is 0.0953. The van der Waals surface area contributed by atoms with E-state index in [1.807, 2.05) is 36.4 Å². The lowest BCUT2D eigenvalue weighted by atomic mass is 9.99. The van der Waals surface area contributed by atoms with Gasteiger partial charge in [-0.05, 0) is 23.8 Å². The molecular formula is C20H21N3O2. The molecule has 1 amide bonds. The zero-order valence-electron chi connectivity index (χ0n) is 14.1. The Balaban J connectivity index is 1.81. The summed E-state index contributed by atoms with van der Waals surface area (Å²) in [4.78, 5) is 16.8. The number of rotatable bonds is 6.